The first-order chi connectivity index (χ1) is 16.8. The van der Waals surface area contributed by atoms with E-state index in [9.17, 15) is 9.59 Å². The summed E-state index contributed by atoms with van der Waals surface area (Å²) in [6.07, 6.45) is 2.01. The first-order valence-electron chi connectivity index (χ1n) is 11.5. The van der Waals surface area contributed by atoms with Crippen LogP contribution in [0.25, 0.3) is 0 Å². The van der Waals surface area contributed by atoms with E-state index < -0.39 is 11.9 Å². The van der Waals surface area contributed by atoms with Gasteiger partial charge in [-0.2, -0.15) is 0 Å². The molecule has 2 aliphatic rings. The summed E-state index contributed by atoms with van der Waals surface area (Å²) in [4.78, 5) is 26.1. The minimum absolute atomic E-state index is 0.0494. The van der Waals surface area contributed by atoms with Crippen LogP contribution in [-0.2, 0) is 20.9 Å². The first-order valence-corrected chi connectivity index (χ1v) is 12.7. The maximum atomic E-state index is 13.1. The van der Waals surface area contributed by atoms with Gasteiger partial charge < -0.3 is 19.5 Å². The summed E-state index contributed by atoms with van der Waals surface area (Å²) in [5, 5.41) is 3.79. The number of esters is 1. The summed E-state index contributed by atoms with van der Waals surface area (Å²) in [6, 6.07) is 11.1. The van der Waals surface area contributed by atoms with Gasteiger partial charge in [-0.05, 0) is 62.6 Å². The fourth-order valence-corrected chi connectivity index (χ4v) is 5.36. The lowest BCUT2D eigenvalue weighted by atomic mass is 9.75. The van der Waals surface area contributed by atoms with Crippen molar-refractivity contribution in [2.75, 3.05) is 13.7 Å². The van der Waals surface area contributed by atoms with Crippen molar-refractivity contribution in [2.24, 2.45) is 0 Å². The monoisotopic (exact) mass is 559 g/mol. The largest absolute Gasteiger partial charge is 0.496 e. The Morgan fingerprint density at radius 2 is 1.94 bits per heavy atom. The summed E-state index contributed by atoms with van der Waals surface area (Å²) >= 11 is 9.72. The second kappa shape index (κ2) is 10.9. The summed E-state index contributed by atoms with van der Waals surface area (Å²) in [7, 11) is 1.59. The van der Waals surface area contributed by atoms with E-state index in [0.717, 1.165) is 34.1 Å². The molecule has 0 aromatic heterocycles. The van der Waals surface area contributed by atoms with Gasteiger partial charge in [-0.25, -0.2) is 4.79 Å². The minimum atomic E-state index is -0.529. The van der Waals surface area contributed by atoms with Gasteiger partial charge in [0.15, 0.2) is 5.78 Å². The summed E-state index contributed by atoms with van der Waals surface area (Å²) in [5.74, 6) is 0.271. The zero-order valence-electron chi connectivity index (χ0n) is 19.9. The smallest absolute Gasteiger partial charge is 0.336 e. The van der Waals surface area contributed by atoms with Crippen LogP contribution in [0.2, 0.25) is 5.02 Å². The Hall–Kier alpha value is -2.77. The van der Waals surface area contributed by atoms with Crippen LogP contribution in [0.15, 0.2) is 63.4 Å². The van der Waals surface area contributed by atoms with Crippen molar-refractivity contribution in [2.45, 2.75) is 45.6 Å². The molecule has 184 valence electrons. The van der Waals surface area contributed by atoms with Crippen molar-refractivity contribution in [1.82, 2.24) is 5.32 Å². The molecule has 35 heavy (non-hydrogen) atoms. The molecule has 0 fully saturated rings. The molecule has 2 aromatic rings. The van der Waals surface area contributed by atoms with Crippen LogP contribution < -0.4 is 14.8 Å². The van der Waals surface area contributed by atoms with E-state index in [1.54, 1.807) is 26.2 Å². The maximum absolute atomic E-state index is 13.1. The van der Waals surface area contributed by atoms with Crippen LogP contribution in [0.5, 0.6) is 11.5 Å². The third-order valence-corrected chi connectivity index (χ3v) is 6.97. The molecular weight excluding hydrogens is 534 g/mol. The van der Waals surface area contributed by atoms with Gasteiger partial charge in [-0.3, -0.25) is 4.79 Å². The summed E-state index contributed by atoms with van der Waals surface area (Å²) in [6.45, 7) is 4.06. The Morgan fingerprint density at radius 1 is 1.17 bits per heavy atom. The highest BCUT2D eigenvalue weighted by molar-refractivity contribution is 9.10. The molecule has 0 spiro atoms. The molecule has 1 aliphatic carbocycles. The average molecular weight is 561 g/mol. The van der Waals surface area contributed by atoms with Crippen molar-refractivity contribution in [3.63, 3.8) is 0 Å². The lowest BCUT2D eigenvalue weighted by molar-refractivity contribution is -0.138. The average Bonchev–Trinajstić information content (AvgIpc) is 2.82. The molecule has 0 radical (unpaired) electrons. The maximum Gasteiger partial charge on any atom is 0.336 e. The highest BCUT2D eigenvalue weighted by Crippen LogP contribution is 2.43. The van der Waals surface area contributed by atoms with E-state index in [-0.39, 0.29) is 19.0 Å². The van der Waals surface area contributed by atoms with Crippen LogP contribution in [-0.4, -0.2) is 25.5 Å². The fraction of sp³-hybridized carbons (Fsp3) is 0.333. The lowest BCUT2D eigenvalue weighted by Gasteiger charge is -2.34. The molecule has 1 heterocycles. The molecule has 6 nitrogen and oxygen atoms in total. The Balaban J connectivity index is 1.76. The van der Waals surface area contributed by atoms with Gasteiger partial charge >= 0.3 is 5.97 Å². The molecule has 0 amide bonds. The molecular formula is C27H27BrClNO5. The van der Waals surface area contributed by atoms with Crippen LogP contribution in [0.1, 0.15) is 50.2 Å². The van der Waals surface area contributed by atoms with Crippen LogP contribution >= 0.6 is 27.5 Å². The van der Waals surface area contributed by atoms with E-state index >= 15 is 0 Å². The number of halogens is 2. The molecule has 1 aliphatic heterocycles. The first kappa shape index (κ1) is 25.3. The number of hydrogen-bond acceptors (Lipinski definition) is 6. The normalized spacial score (nSPS) is 17.6. The Morgan fingerprint density at radius 3 is 2.66 bits per heavy atom. The molecule has 0 saturated heterocycles. The quantitative estimate of drug-likeness (QED) is 0.405. The molecule has 0 bridgehead atoms. The Labute approximate surface area is 218 Å². The second-order valence-electron chi connectivity index (χ2n) is 8.42. The molecule has 4 rings (SSSR count). The van der Waals surface area contributed by atoms with Gasteiger partial charge in [0, 0.05) is 39.3 Å². The second-order valence-corrected chi connectivity index (χ2v) is 9.74. The van der Waals surface area contributed by atoms with Gasteiger partial charge in [-0.1, -0.05) is 33.6 Å². The predicted octanol–water partition coefficient (Wildman–Crippen LogP) is 6.22. The van der Waals surface area contributed by atoms with Crippen molar-refractivity contribution < 1.29 is 23.8 Å². The fourth-order valence-electron chi connectivity index (χ4n) is 4.63. The highest BCUT2D eigenvalue weighted by atomic mass is 79.9. The third kappa shape index (κ3) is 5.26. The number of benzene rings is 2. The van der Waals surface area contributed by atoms with Crippen LogP contribution in [0, 0.1) is 0 Å². The molecule has 0 unspecified atom stereocenters. The van der Waals surface area contributed by atoms with Gasteiger partial charge in [0.25, 0.3) is 0 Å². The highest BCUT2D eigenvalue weighted by Gasteiger charge is 2.39. The topological polar surface area (TPSA) is 73.9 Å². The SMILES string of the molecule is CCOC(=O)C1=C(C)NC2=C(C(=O)CCC2)[C@H]1c1ccc(OC)c(COc2ccc(Br)cc2Cl)c1. The molecule has 1 N–H and O–H groups in total. The number of carbonyl (C=O) groups is 2. The molecule has 0 saturated carbocycles. The number of hydrogen-bond donors (Lipinski definition) is 1. The van der Waals surface area contributed by atoms with Crippen molar-refractivity contribution in [3.8, 4) is 11.5 Å². The number of nitrogens with one attached hydrogen (secondary N) is 1. The number of dihydropyridines is 1. The standard InChI is InChI=1S/C27H27BrClNO5/c1-4-34-27(32)24-15(2)30-20-6-5-7-21(31)26(20)25(24)16-8-10-22(33-3)17(12-16)14-35-23-11-9-18(28)13-19(23)29/h8-13,25,30H,4-7,14H2,1-3H3/t25-/m0/s1. The number of ether oxygens (including phenoxy) is 3. The van der Waals surface area contributed by atoms with E-state index in [2.05, 4.69) is 21.2 Å². The number of rotatable bonds is 7. The number of ketones is 1. The number of allylic oxidation sites excluding steroid dienone is 3. The lowest BCUT2D eigenvalue weighted by Crippen LogP contribution is -2.34. The van der Waals surface area contributed by atoms with Gasteiger partial charge in [0.1, 0.15) is 18.1 Å². The van der Waals surface area contributed by atoms with E-state index in [1.165, 1.54) is 0 Å². The van der Waals surface area contributed by atoms with E-state index in [0.29, 0.717) is 39.8 Å². The zero-order valence-corrected chi connectivity index (χ0v) is 22.2. The van der Waals surface area contributed by atoms with Gasteiger partial charge in [0.2, 0.25) is 0 Å². The van der Waals surface area contributed by atoms with Crippen LogP contribution in [0.3, 0.4) is 0 Å². The third-order valence-electron chi connectivity index (χ3n) is 6.19. The molecule has 1 atom stereocenters. The van der Waals surface area contributed by atoms with Crippen molar-refractivity contribution in [1.29, 1.82) is 0 Å². The Bertz CT molecular complexity index is 1240. The number of carbonyl (C=O) groups excluding carboxylic acids is 2. The van der Waals surface area contributed by atoms with E-state index in [1.807, 2.05) is 31.2 Å². The van der Waals surface area contributed by atoms with Crippen LogP contribution in [0.4, 0.5) is 0 Å². The van der Waals surface area contributed by atoms with Crippen molar-refractivity contribution >= 4 is 39.3 Å². The van der Waals surface area contributed by atoms with Gasteiger partial charge in [-0.15, -0.1) is 0 Å². The summed E-state index contributed by atoms with van der Waals surface area (Å²) < 4.78 is 17.8. The predicted molar refractivity (Wildman–Crippen MR) is 138 cm³/mol. The van der Waals surface area contributed by atoms with E-state index in [4.69, 9.17) is 25.8 Å². The summed E-state index contributed by atoms with van der Waals surface area (Å²) in [5.41, 5.74) is 4.25. The Kier molecular flexibility index (Phi) is 7.87. The molecule has 2 aromatic carbocycles. The number of methoxy groups -OCH3 is 1. The molecule has 8 heteroatoms. The zero-order chi connectivity index (χ0) is 25.1. The number of Topliss-reactive ketones (excluding diaryl/α,β-unsaturated/α-hetero) is 1. The van der Waals surface area contributed by atoms with Crippen molar-refractivity contribution in [3.05, 3.63) is 79.6 Å². The van der Waals surface area contributed by atoms with Gasteiger partial charge in [0.05, 0.1) is 24.3 Å². The minimum Gasteiger partial charge on any atom is -0.496 e.